The molecule has 19 heavy (non-hydrogen) atoms. The van der Waals surface area contributed by atoms with Crippen molar-refractivity contribution in [2.45, 2.75) is 43.1 Å². The Hall–Kier alpha value is -1.00. The van der Waals surface area contributed by atoms with Crippen LogP contribution in [0.1, 0.15) is 31.2 Å². The summed E-state index contributed by atoms with van der Waals surface area (Å²) >= 11 is 7.45. The van der Waals surface area contributed by atoms with E-state index in [-0.39, 0.29) is 5.25 Å². The number of fused-ring (bicyclic) bond motifs is 1. The van der Waals surface area contributed by atoms with E-state index in [1.807, 2.05) is 13.0 Å². The van der Waals surface area contributed by atoms with Crippen molar-refractivity contribution in [3.8, 4) is 0 Å². The monoisotopic (exact) mass is 295 g/mol. The fourth-order valence-corrected chi connectivity index (χ4v) is 3.71. The third-order valence-corrected chi connectivity index (χ3v) is 4.74. The van der Waals surface area contributed by atoms with Crippen molar-refractivity contribution in [1.82, 2.24) is 4.98 Å². The number of hydrogen-bond donors (Lipinski definition) is 0. The fraction of sp³-hybridized carbons (Fsp3) is 0.429. The second kappa shape index (κ2) is 5.17. The first-order valence-electron chi connectivity index (χ1n) is 6.39. The summed E-state index contributed by atoms with van der Waals surface area (Å²) in [7, 11) is 0. The van der Waals surface area contributed by atoms with E-state index >= 15 is 0 Å². The normalized spacial score (nSPS) is 20.1. The van der Waals surface area contributed by atoms with Gasteiger partial charge in [-0.05, 0) is 37.5 Å². The zero-order valence-corrected chi connectivity index (χ0v) is 12.2. The molecule has 1 saturated carbocycles. The lowest BCUT2D eigenvalue weighted by Crippen LogP contribution is -2.21. The fourth-order valence-electron chi connectivity index (χ4n) is 2.38. The Balaban J connectivity index is 1.89. The van der Waals surface area contributed by atoms with Gasteiger partial charge in [-0.2, -0.15) is 0 Å². The van der Waals surface area contributed by atoms with Crippen LogP contribution < -0.4 is 0 Å². The molecular weight excluding hydrogens is 282 g/mol. The van der Waals surface area contributed by atoms with Gasteiger partial charge >= 0.3 is 0 Å². The van der Waals surface area contributed by atoms with Gasteiger partial charge in [-0.3, -0.25) is 4.79 Å². The van der Waals surface area contributed by atoms with E-state index < -0.39 is 0 Å². The number of carbonyl (C=O) groups excluding carboxylic acids is 1. The van der Waals surface area contributed by atoms with Gasteiger partial charge in [0.25, 0.3) is 5.22 Å². The number of halogens is 1. The Kier molecular flexibility index (Phi) is 3.54. The molecule has 3 nitrogen and oxygen atoms in total. The van der Waals surface area contributed by atoms with E-state index in [1.54, 1.807) is 6.07 Å². The van der Waals surface area contributed by atoms with Crippen LogP contribution in [0.3, 0.4) is 0 Å². The van der Waals surface area contributed by atoms with Crippen LogP contribution >= 0.6 is 23.4 Å². The van der Waals surface area contributed by atoms with Crippen LogP contribution in [-0.4, -0.2) is 16.0 Å². The van der Waals surface area contributed by atoms with Gasteiger partial charge in [0, 0.05) is 11.4 Å². The van der Waals surface area contributed by atoms with Crippen LogP contribution in [0.5, 0.6) is 0 Å². The number of rotatable bonds is 2. The van der Waals surface area contributed by atoms with E-state index in [2.05, 4.69) is 4.98 Å². The summed E-state index contributed by atoms with van der Waals surface area (Å²) in [4.78, 5) is 16.2. The molecule has 0 radical (unpaired) electrons. The summed E-state index contributed by atoms with van der Waals surface area (Å²) in [6.07, 6.45) is 3.72. The van der Waals surface area contributed by atoms with Crippen molar-refractivity contribution in [3.05, 3.63) is 22.7 Å². The maximum absolute atomic E-state index is 11.8. The second-order valence-electron chi connectivity index (χ2n) is 4.87. The number of hydrogen-bond acceptors (Lipinski definition) is 4. The standard InChI is InChI=1S/C14H14ClNO2S/c1-8-6-9(15)7-10-13(8)18-14(16-10)19-12-5-3-2-4-11(12)17/h6-7,12H,2-5H2,1H3. The maximum atomic E-state index is 11.8. The van der Waals surface area contributed by atoms with Crippen LogP contribution in [0.4, 0.5) is 0 Å². The minimum Gasteiger partial charge on any atom is -0.431 e. The number of aryl methyl sites for hydroxylation is 1. The first kappa shape index (κ1) is 13.0. The third kappa shape index (κ3) is 2.65. The highest BCUT2D eigenvalue weighted by molar-refractivity contribution is 8.00. The minimum atomic E-state index is -0.00223. The summed E-state index contributed by atoms with van der Waals surface area (Å²) < 4.78 is 5.75. The van der Waals surface area contributed by atoms with Crippen molar-refractivity contribution >= 4 is 40.2 Å². The molecule has 1 unspecified atom stereocenters. The Labute approximate surface area is 120 Å². The third-order valence-electron chi connectivity index (χ3n) is 3.36. The predicted octanol–water partition coefficient (Wildman–Crippen LogP) is 4.39. The molecule has 0 amide bonds. The first-order chi connectivity index (χ1) is 9.13. The molecule has 2 aromatic rings. The summed E-state index contributed by atoms with van der Waals surface area (Å²) in [6.45, 7) is 1.94. The van der Waals surface area contributed by atoms with Crippen LogP contribution in [0.2, 0.25) is 5.02 Å². The molecular formula is C14H14ClNO2S. The lowest BCUT2D eigenvalue weighted by Gasteiger charge is -2.17. The molecule has 1 fully saturated rings. The quantitative estimate of drug-likeness (QED) is 0.824. The number of thioether (sulfide) groups is 1. The Morgan fingerprint density at radius 2 is 2.26 bits per heavy atom. The number of benzene rings is 1. The van der Waals surface area contributed by atoms with Crippen molar-refractivity contribution in [2.24, 2.45) is 0 Å². The zero-order valence-electron chi connectivity index (χ0n) is 10.6. The molecule has 1 atom stereocenters. The number of Topliss-reactive ketones (excluding diaryl/α,β-unsaturated/α-hetero) is 1. The van der Waals surface area contributed by atoms with Gasteiger partial charge in [-0.15, -0.1) is 0 Å². The number of carbonyl (C=O) groups is 1. The van der Waals surface area contributed by atoms with Gasteiger partial charge in [0.1, 0.15) is 11.3 Å². The van der Waals surface area contributed by atoms with Crippen molar-refractivity contribution < 1.29 is 9.21 Å². The molecule has 1 aliphatic rings. The first-order valence-corrected chi connectivity index (χ1v) is 7.65. The van der Waals surface area contributed by atoms with Crippen molar-refractivity contribution in [3.63, 3.8) is 0 Å². The van der Waals surface area contributed by atoms with Gasteiger partial charge in [0.05, 0.1) is 5.25 Å². The SMILES string of the molecule is Cc1cc(Cl)cc2nc(SC3CCCCC3=O)oc12. The molecule has 1 aliphatic carbocycles. The Bertz CT molecular complexity index is 638. The molecule has 5 heteroatoms. The molecule has 0 saturated heterocycles. The average molecular weight is 296 g/mol. The van der Waals surface area contributed by atoms with E-state index in [9.17, 15) is 4.79 Å². The predicted molar refractivity (Wildman–Crippen MR) is 76.9 cm³/mol. The van der Waals surface area contributed by atoms with E-state index in [0.717, 1.165) is 35.9 Å². The molecule has 0 bridgehead atoms. The zero-order chi connectivity index (χ0) is 13.4. The smallest absolute Gasteiger partial charge is 0.257 e. The van der Waals surface area contributed by atoms with Crippen molar-refractivity contribution in [1.29, 1.82) is 0 Å². The van der Waals surface area contributed by atoms with Crippen LogP contribution in [-0.2, 0) is 4.79 Å². The van der Waals surface area contributed by atoms with E-state index in [4.69, 9.17) is 16.0 Å². The molecule has 0 N–H and O–H groups in total. The summed E-state index contributed by atoms with van der Waals surface area (Å²) in [5, 5.41) is 1.22. The highest BCUT2D eigenvalue weighted by Crippen LogP contribution is 2.34. The molecule has 3 rings (SSSR count). The molecule has 100 valence electrons. The second-order valence-corrected chi connectivity index (χ2v) is 6.46. The molecule has 0 spiro atoms. The van der Waals surface area contributed by atoms with Gasteiger partial charge < -0.3 is 4.42 Å². The highest BCUT2D eigenvalue weighted by Gasteiger charge is 2.25. The highest BCUT2D eigenvalue weighted by atomic mass is 35.5. The summed E-state index contributed by atoms with van der Waals surface area (Å²) in [5.41, 5.74) is 2.49. The van der Waals surface area contributed by atoms with Crippen LogP contribution in [0.15, 0.2) is 21.8 Å². The van der Waals surface area contributed by atoms with Gasteiger partial charge in [-0.1, -0.05) is 29.8 Å². The molecule has 0 aliphatic heterocycles. The number of ketones is 1. The lowest BCUT2D eigenvalue weighted by atomic mass is 9.99. The van der Waals surface area contributed by atoms with Gasteiger partial charge in [-0.25, -0.2) is 4.98 Å². The van der Waals surface area contributed by atoms with Crippen LogP contribution in [0.25, 0.3) is 11.1 Å². The van der Waals surface area contributed by atoms with Gasteiger partial charge in [0.15, 0.2) is 5.58 Å². The van der Waals surface area contributed by atoms with E-state index in [1.165, 1.54) is 11.8 Å². The topological polar surface area (TPSA) is 43.1 Å². The van der Waals surface area contributed by atoms with Crippen LogP contribution in [0, 0.1) is 6.92 Å². The summed E-state index contributed by atoms with van der Waals surface area (Å²) in [6, 6.07) is 3.65. The molecule has 1 aromatic carbocycles. The van der Waals surface area contributed by atoms with Crippen molar-refractivity contribution in [2.75, 3.05) is 0 Å². The summed E-state index contributed by atoms with van der Waals surface area (Å²) in [5.74, 6) is 0.313. The molecule has 1 heterocycles. The number of oxazole rings is 1. The lowest BCUT2D eigenvalue weighted by molar-refractivity contribution is -0.119. The van der Waals surface area contributed by atoms with E-state index in [0.29, 0.717) is 22.4 Å². The Morgan fingerprint density at radius 1 is 1.42 bits per heavy atom. The number of nitrogens with zero attached hydrogens (tertiary/aromatic N) is 1. The molecule has 1 aromatic heterocycles. The average Bonchev–Trinajstić information content (AvgIpc) is 2.75. The Morgan fingerprint density at radius 3 is 3.05 bits per heavy atom. The van der Waals surface area contributed by atoms with Gasteiger partial charge in [0.2, 0.25) is 0 Å². The largest absolute Gasteiger partial charge is 0.431 e. The minimum absolute atomic E-state index is 0.00223. The number of aromatic nitrogens is 1. The maximum Gasteiger partial charge on any atom is 0.257 e.